The molecule has 1 N–H and O–H groups in total. The third kappa shape index (κ3) is 4.46. The molecule has 0 aliphatic rings. The van der Waals surface area contributed by atoms with Gasteiger partial charge in [-0.25, -0.2) is 9.97 Å². The number of ether oxygens (including phenoxy) is 1. The van der Waals surface area contributed by atoms with Gasteiger partial charge in [-0.05, 0) is 20.3 Å². The van der Waals surface area contributed by atoms with Crippen molar-refractivity contribution < 1.29 is 4.74 Å². The Morgan fingerprint density at radius 2 is 2.06 bits per heavy atom. The Morgan fingerprint density at radius 1 is 1.28 bits per heavy atom. The predicted octanol–water partition coefficient (Wildman–Crippen LogP) is 2.91. The van der Waals surface area contributed by atoms with E-state index in [1.165, 1.54) is 0 Å². The molecule has 0 aromatic carbocycles. The molecule has 0 unspecified atom stereocenters. The topological polar surface area (TPSA) is 47.0 Å². The zero-order chi connectivity index (χ0) is 13.4. The minimum absolute atomic E-state index is 0.744. The molecule has 1 aromatic heterocycles. The van der Waals surface area contributed by atoms with Gasteiger partial charge in [-0.1, -0.05) is 6.92 Å². The van der Waals surface area contributed by atoms with Gasteiger partial charge in [0.15, 0.2) is 0 Å². The van der Waals surface area contributed by atoms with Gasteiger partial charge in [0, 0.05) is 31.4 Å². The molecule has 18 heavy (non-hydrogen) atoms. The molecule has 4 nitrogen and oxygen atoms in total. The monoisotopic (exact) mass is 269 g/mol. The highest BCUT2D eigenvalue weighted by Crippen LogP contribution is 2.25. The SMILES string of the molecule is CCCc1nc(NCC)c(C)c(SCCOC)n1. The number of aromatic nitrogens is 2. The summed E-state index contributed by atoms with van der Waals surface area (Å²) in [5, 5.41) is 4.38. The molecule has 0 saturated carbocycles. The number of hydrogen-bond donors (Lipinski definition) is 1. The lowest BCUT2D eigenvalue weighted by Crippen LogP contribution is -2.08. The third-order valence-electron chi connectivity index (χ3n) is 2.49. The molecular weight excluding hydrogens is 246 g/mol. The highest BCUT2D eigenvalue weighted by atomic mass is 32.2. The van der Waals surface area contributed by atoms with Crippen LogP contribution in [0.5, 0.6) is 0 Å². The van der Waals surface area contributed by atoms with Gasteiger partial charge in [-0.3, -0.25) is 0 Å². The minimum atomic E-state index is 0.744. The van der Waals surface area contributed by atoms with Gasteiger partial charge in [0.05, 0.1) is 6.61 Å². The van der Waals surface area contributed by atoms with Crippen LogP contribution in [0, 0.1) is 6.92 Å². The summed E-state index contributed by atoms with van der Waals surface area (Å²) < 4.78 is 5.08. The average Bonchev–Trinajstić information content (AvgIpc) is 2.35. The molecule has 0 fully saturated rings. The predicted molar refractivity (Wildman–Crippen MR) is 77.5 cm³/mol. The van der Waals surface area contributed by atoms with Crippen LogP contribution in [-0.4, -0.2) is 36.0 Å². The van der Waals surface area contributed by atoms with E-state index in [1.807, 2.05) is 0 Å². The van der Waals surface area contributed by atoms with Crippen molar-refractivity contribution in [1.29, 1.82) is 0 Å². The van der Waals surface area contributed by atoms with Crippen molar-refractivity contribution in [3.05, 3.63) is 11.4 Å². The Kier molecular flexibility index (Phi) is 7.05. The molecule has 0 bridgehead atoms. The Morgan fingerprint density at radius 3 is 2.67 bits per heavy atom. The second kappa shape index (κ2) is 8.32. The summed E-state index contributed by atoms with van der Waals surface area (Å²) in [6, 6.07) is 0. The zero-order valence-electron chi connectivity index (χ0n) is 11.7. The second-order valence-corrected chi connectivity index (χ2v) is 5.12. The summed E-state index contributed by atoms with van der Waals surface area (Å²) >= 11 is 1.74. The molecule has 0 atom stereocenters. The largest absolute Gasteiger partial charge is 0.384 e. The minimum Gasteiger partial charge on any atom is -0.384 e. The molecule has 0 aliphatic heterocycles. The van der Waals surface area contributed by atoms with E-state index >= 15 is 0 Å². The Hall–Kier alpha value is -0.810. The van der Waals surface area contributed by atoms with Crippen LogP contribution in [0.1, 0.15) is 31.7 Å². The van der Waals surface area contributed by atoms with E-state index in [1.54, 1.807) is 18.9 Å². The van der Waals surface area contributed by atoms with E-state index in [0.29, 0.717) is 0 Å². The maximum atomic E-state index is 5.08. The first-order valence-corrected chi connectivity index (χ1v) is 7.44. The van der Waals surface area contributed by atoms with Crippen LogP contribution >= 0.6 is 11.8 Å². The number of anilines is 1. The maximum Gasteiger partial charge on any atom is 0.133 e. The summed E-state index contributed by atoms with van der Waals surface area (Å²) in [5.41, 5.74) is 1.14. The quantitative estimate of drug-likeness (QED) is 0.447. The van der Waals surface area contributed by atoms with E-state index in [4.69, 9.17) is 4.74 Å². The third-order valence-corrected chi connectivity index (χ3v) is 3.53. The average molecular weight is 269 g/mol. The Bertz CT molecular complexity index is 371. The van der Waals surface area contributed by atoms with Crippen molar-refractivity contribution in [2.45, 2.75) is 38.6 Å². The number of methoxy groups -OCH3 is 1. The van der Waals surface area contributed by atoms with Crippen LogP contribution in [0.4, 0.5) is 5.82 Å². The van der Waals surface area contributed by atoms with Crippen molar-refractivity contribution in [1.82, 2.24) is 9.97 Å². The molecule has 0 radical (unpaired) electrons. The standard InChI is InChI=1S/C13H23N3OS/c1-5-7-11-15-12(14-6-2)10(3)13(16-11)18-9-8-17-4/h5-9H2,1-4H3,(H,14,15,16). The van der Waals surface area contributed by atoms with Crippen LogP contribution < -0.4 is 5.32 Å². The fourth-order valence-electron chi connectivity index (χ4n) is 1.58. The molecule has 0 amide bonds. The summed E-state index contributed by atoms with van der Waals surface area (Å²) in [5.74, 6) is 2.82. The van der Waals surface area contributed by atoms with Crippen LogP contribution in [0.25, 0.3) is 0 Å². The number of nitrogens with zero attached hydrogens (tertiary/aromatic N) is 2. The van der Waals surface area contributed by atoms with Gasteiger partial charge in [-0.2, -0.15) is 0 Å². The summed E-state index contributed by atoms with van der Waals surface area (Å²) in [6.45, 7) is 7.93. The van der Waals surface area contributed by atoms with Gasteiger partial charge < -0.3 is 10.1 Å². The van der Waals surface area contributed by atoms with E-state index in [9.17, 15) is 0 Å². The Labute approximate surface area is 114 Å². The molecule has 102 valence electrons. The lowest BCUT2D eigenvalue weighted by Gasteiger charge is -2.12. The van der Waals surface area contributed by atoms with Crippen LogP contribution in [0.15, 0.2) is 5.03 Å². The number of aryl methyl sites for hydroxylation is 1. The van der Waals surface area contributed by atoms with Crippen molar-refractivity contribution in [2.75, 3.05) is 31.3 Å². The van der Waals surface area contributed by atoms with E-state index in [2.05, 4.69) is 36.1 Å². The first-order chi connectivity index (χ1) is 8.72. The fourth-order valence-corrected chi connectivity index (χ4v) is 2.50. The molecule has 5 heteroatoms. The van der Waals surface area contributed by atoms with E-state index < -0.39 is 0 Å². The summed E-state index contributed by atoms with van der Waals surface area (Å²) in [7, 11) is 1.72. The number of nitrogens with one attached hydrogen (secondary N) is 1. The molecule has 1 heterocycles. The highest BCUT2D eigenvalue weighted by molar-refractivity contribution is 7.99. The van der Waals surface area contributed by atoms with Crippen LogP contribution in [0.2, 0.25) is 0 Å². The Balaban J connectivity index is 2.90. The number of rotatable bonds is 8. The maximum absolute atomic E-state index is 5.08. The normalized spacial score (nSPS) is 10.7. The van der Waals surface area contributed by atoms with Gasteiger partial charge in [-0.15, -0.1) is 11.8 Å². The lowest BCUT2D eigenvalue weighted by molar-refractivity contribution is 0.218. The number of hydrogen-bond acceptors (Lipinski definition) is 5. The fraction of sp³-hybridized carbons (Fsp3) is 0.692. The molecule has 0 spiro atoms. The number of thioether (sulfide) groups is 1. The first kappa shape index (κ1) is 15.2. The lowest BCUT2D eigenvalue weighted by atomic mass is 10.3. The van der Waals surface area contributed by atoms with E-state index in [-0.39, 0.29) is 0 Å². The highest BCUT2D eigenvalue weighted by Gasteiger charge is 2.10. The molecule has 0 saturated heterocycles. The molecule has 1 rings (SSSR count). The summed E-state index contributed by atoms with van der Waals surface area (Å²) in [4.78, 5) is 9.21. The van der Waals surface area contributed by atoms with Crippen molar-refractivity contribution in [2.24, 2.45) is 0 Å². The van der Waals surface area contributed by atoms with E-state index in [0.717, 1.165) is 54.0 Å². The van der Waals surface area contributed by atoms with Crippen LogP contribution in [-0.2, 0) is 11.2 Å². The molecule has 1 aromatic rings. The summed E-state index contributed by atoms with van der Waals surface area (Å²) in [6.07, 6.45) is 1.99. The van der Waals surface area contributed by atoms with Gasteiger partial charge in [0.2, 0.25) is 0 Å². The zero-order valence-corrected chi connectivity index (χ0v) is 12.6. The van der Waals surface area contributed by atoms with Crippen molar-refractivity contribution in [3.63, 3.8) is 0 Å². The second-order valence-electron chi connectivity index (χ2n) is 4.04. The molecule has 0 aliphatic carbocycles. The van der Waals surface area contributed by atoms with Crippen molar-refractivity contribution in [3.8, 4) is 0 Å². The van der Waals surface area contributed by atoms with Gasteiger partial charge in [0.1, 0.15) is 16.7 Å². The van der Waals surface area contributed by atoms with Crippen LogP contribution in [0.3, 0.4) is 0 Å². The van der Waals surface area contributed by atoms with Crippen molar-refractivity contribution >= 4 is 17.6 Å². The smallest absolute Gasteiger partial charge is 0.133 e. The van der Waals surface area contributed by atoms with Gasteiger partial charge in [0.25, 0.3) is 0 Å². The first-order valence-electron chi connectivity index (χ1n) is 6.46. The van der Waals surface area contributed by atoms with Gasteiger partial charge >= 0.3 is 0 Å². The molecular formula is C13H23N3OS.